The molecule has 0 heterocycles. The van der Waals surface area contributed by atoms with Crippen LogP contribution in [0.15, 0.2) is 30.3 Å². The Morgan fingerprint density at radius 2 is 1.60 bits per heavy atom. The largest absolute Gasteiger partial charge is 0.311 e. The molecule has 1 unspecified atom stereocenters. The molecule has 0 aromatic heterocycles. The Labute approximate surface area is 125 Å². The van der Waals surface area contributed by atoms with Crippen LogP contribution in [0.4, 0.5) is 0 Å². The van der Waals surface area contributed by atoms with E-state index in [-0.39, 0.29) is 0 Å². The molecule has 0 spiro atoms. The van der Waals surface area contributed by atoms with Crippen molar-refractivity contribution in [2.24, 2.45) is 10.8 Å². The van der Waals surface area contributed by atoms with E-state index in [1.165, 1.54) is 24.8 Å². The number of hydrogen-bond acceptors (Lipinski definition) is 1. The van der Waals surface area contributed by atoms with Gasteiger partial charge in [0.2, 0.25) is 0 Å². The molecule has 112 valence electrons. The van der Waals surface area contributed by atoms with Gasteiger partial charge in [0.25, 0.3) is 0 Å². The molecule has 20 heavy (non-hydrogen) atoms. The third kappa shape index (κ3) is 4.63. The van der Waals surface area contributed by atoms with Gasteiger partial charge in [-0.2, -0.15) is 0 Å². The highest BCUT2D eigenvalue weighted by molar-refractivity contribution is 5.15. The number of hydrogen-bond donors (Lipinski definition) is 1. The van der Waals surface area contributed by atoms with Gasteiger partial charge in [-0.1, -0.05) is 58.0 Å². The standard InChI is InChI=1S/C19H31N/c1-15(11-16-9-7-6-8-10-16)20-17-12-18(2,3)14-19(4,5)13-17/h6-10,15,17,20H,11-14H2,1-5H3. The summed E-state index contributed by atoms with van der Waals surface area (Å²) in [5.41, 5.74) is 2.36. The van der Waals surface area contributed by atoms with Crippen molar-refractivity contribution in [3.63, 3.8) is 0 Å². The van der Waals surface area contributed by atoms with E-state index in [1.807, 2.05) is 0 Å². The minimum absolute atomic E-state index is 0.464. The highest BCUT2D eigenvalue weighted by atomic mass is 15.0. The molecule has 0 bridgehead atoms. The van der Waals surface area contributed by atoms with Crippen molar-refractivity contribution in [2.75, 3.05) is 0 Å². The molecule has 1 aromatic rings. The average Bonchev–Trinajstić information content (AvgIpc) is 2.25. The maximum Gasteiger partial charge on any atom is 0.00817 e. The number of nitrogens with one attached hydrogen (secondary N) is 1. The Bertz CT molecular complexity index is 403. The van der Waals surface area contributed by atoms with Crippen LogP contribution in [0, 0.1) is 10.8 Å². The summed E-state index contributed by atoms with van der Waals surface area (Å²) in [6.07, 6.45) is 5.06. The topological polar surface area (TPSA) is 12.0 Å². The number of benzene rings is 1. The van der Waals surface area contributed by atoms with E-state index >= 15 is 0 Å². The molecule has 2 rings (SSSR count). The van der Waals surface area contributed by atoms with Crippen molar-refractivity contribution in [3.05, 3.63) is 35.9 Å². The Balaban J connectivity index is 1.92. The molecule has 0 saturated heterocycles. The Hall–Kier alpha value is -0.820. The van der Waals surface area contributed by atoms with Crippen molar-refractivity contribution in [1.29, 1.82) is 0 Å². The summed E-state index contributed by atoms with van der Waals surface area (Å²) in [5.74, 6) is 0. The van der Waals surface area contributed by atoms with Gasteiger partial charge in [-0.05, 0) is 49.0 Å². The smallest absolute Gasteiger partial charge is 0.00817 e. The van der Waals surface area contributed by atoms with E-state index in [0.29, 0.717) is 22.9 Å². The van der Waals surface area contributed by atoms with E-state index in [0.717, 1.165) is 6.42 Å². The Morgan fingerprint density at radius 3 is 2.15 bits per heavy atom. The van der Waals surface area contributed by atoms with Crippen molar-refractivity contribution in [1.82, 2.24) is 5.32 Å². The van der Waals surface area contributed by atoms with Gasteiger partial charge < -0.3 is 5.32 Å². The molecule has 1 atom stereocenters. The molecule has 1 aliphatic carbocycles. The van der Waals surface area contributed by atoms with Crippen LogP contribution < -0.4 is 5.32 Å². The lowest BCUT2D eigenvalue weighted by Crippen LogP contribution is -2.47. The van der Waals surface area contributed by atoms with Crippen LogP contribution in [-0.4, -0.2) is 12.1 Å². The second-order valence-electron chi connectivity index (χ2n) is 8.37. The zero-order valence-electron chi connectivity index (χ0n) is 13.9. The second kappa shape index (κ2) is 5.89. The molecule has 0 amide bonds. The van der Waals surface area contributed by atoms with Gasteiger partial charge in [0.15, 0.2) is 0 Å². The maximum absolute atomic E-state index is 3.88. The molecule has 1 saturated carbocycles. The molecular formula is C19H31N. The zero-order valence-corrected chi connectivity index (χ0v) is 13.9. The van der Waals surface area contributed by atoms with Crippen molar-refractivity contribution < 1.29 is 0 Å². The molecule has 1 aliphatic rings. The monoisotopic (exact) mass is 273 g/mol. The van der Waals surface area contributed by atoms with Gasteiger partial charge in [-0.25, -0.2) is 0 Å². The van der Waals surface area contributed by atoms with Crippen LogP contribution in [0.25, 0.3) is 0 Å². The summed E-state index contributed by atoms with van der Waals surface area (Å²) in [7, 11) is 0. The molecule has 0 aliphatic heterocycles. The minimum atomic E-state index is 0.464. The van der Waals surface area contributed by atoms with Crippen molar-refractivity contribution >= 4 is 0 Å². The average molecular weight is 273 g/mol. The lowest BCUT2D eigenvalue weighted by atomic mass is 9.63. The predicted molar refractivity (Wildman–Crippen MR) is 87.9 cm³/mol. The summed E-state index contributed by atoms with van der Waals surface area (Å²) < 4.78 is 0. The van der Waals surface area contributed by atoms with E-state index in [1.54, 1.807) is 0 Å². The number of rotatable bonds is 4. The summed E-state index contributed by atoms with van der Waals surface area (Å²) in [6, 6.07) is 12.0. The first kappa shape index (κ1) is 15.6. The highest BCUT2D eigenvalue weighted by Gasteiger charge is 2.38. The zero-order chi connectivity index (χ0) is 14.8. The quantitative estimate of drug-likeness (QED) is 0.830. The fourth-order valence-electron chi connectivity index (χ4n) is 4.39. The van der Waals surface area contributed by atoms with Crippen LogP contribution in [0.3, 0.4) is 0 Å². The SMILES string of the molecule is CC(Cc1ccccc1)NC1CC(C)(C)CC(C)(C)C1. The van der Waals surface area contributed by atoms with Gasteiger partial charge in [0.05, 0.1) is 0 Å². The molecule has 1 aromatic carbocycles. The molecule has 1 fully saturated rings. The first-order valence-electron chi connectivity index (χ1n) is 8.06. The Morgan fingerprint density at radius 1 is 1.05 bits per heavy atom. The predicted octanol–water partition coefficient (Wildman–Crippen LogP) is 4.81. The van der Waals surface area contributed by atoms with Crippen molar-refractivity contribution in [2.45, 2.75) is 72.4 Å². The normalized spacial score (nSPS) is 23.4. The fraction of sp³-hybridized carbons (Fsp3) is 0.684. The van der Waals surface area contributed by atoms with Gasteiger partial charge >= 0.3 is 0 Å². The highest BCUT2D eigenvalue weighted by Crippen LogP contribution is 2.45. The summed E-state index contributed by atoms with van der Waals surface area (Å²) >= 11 is 0. The van der Waals surface area contributed by atoms with Crippen LogP contribution in [-0.2, 0) is 6.42 Å². The first-order valence-corrected chi connectivity index (χ1v) is 8.06. The molecule has 1 N–H and O–H groups in total. The maximum atomic E-state index is 3.88. The summed E-state index contributed by atoms with van der Waals surface area (Å²) in [4.78, 5) is 0. The lowest BCUT2D eigenvalue weighted by Gasteiger charge is -2.46. The van der Waals surface area contributed by atoms with E-state index in [9.17, 15) is 0 Å². The van der Waals surface area contributed by atoms with Crippen LogP contribution in [0.2, 0.25) is 0 Å². The fourth-order valence-corrected chi connectivity index (χ4v) is 4.39. The van der Waals surface area contributed by atoms with Crippen molar-refractivity contribution in [3.8, 4) is 0 Å². The minimum Gasteiger partial charge on any atom is -0.311 e. The van der Waals surface area contributed by atoms with E-state index < -0.39 is 0 Å². The van der Waals surface area contributed by atoms with Gasteiger partial charge in [-0.3, -0.25) is 0 Å². The molecule has 0 radical (unpaired) electrons. The van der Waals surface area contributed by atoms with Gasteiger partial charge in [0.1, 0.15) is 0 Å². The second-order valence-corrected chi connectivity index (χ2v) is 8.37. The molecular weight excluding hydrogens is 242 g/mol. The van der Waals surface area contributed by atoms with Gasteiger partial charge in [-0.15, -0.1) is 0 Å². The Kier molecular flexibility index (Phi) is 4.59. The lowest BCUT2D eigenvalue weighted by molar-refractivity contribution is 0.0812. The third-order valence-electron chi connectivity index (χ3n) is 4.46. The van der Waals surface area contributed by atoms with Crippen LogP contribution >= 0.6 is 0 Å². The summed E-state index contributed by atoms with van der Waals surface area (Å²) in [5, 5.41) is 3.88. The van der Waals surface area contributed by atoms with Crippen LogP contribution in [0.1, 0.15) is 59.4 Å². The van der Waals surface area contributed by atoms with Gasteiger partial charge in [0, 0.05) is 12.1 Å². The molecule has 1 nitrogen and oxygen atoms in total. The van der Waals surface area contributed by atoms with Crippen LogP contribution in [0.5, 0.6) is 0 Å². The molecule has 1 heteroatoms. The third-order valence-corrected chi connectivity index (χ3v) is 4.46. The van der Waals surface area contributed by atoms with E-state index in [4.69, 9.17) is 0 Å². The summed E-state index contributed by atoms with van der Waals surface area (Å²) in [6.45, 7) is 12.0. The first-order chi connectivity index (χ1) is 9.26. The van der Waals surface area contributed by atoms with E-state index in [2.05, 4.69) is 70.3 Å².